The number of aryl methyl sites for hydroxylation is 1. The van der Waals surface area contributed by atoms with E-state index in [2.05, 4.69) is 36.4 Å². The van der Waals surface area contributed by atoms with Gasteiger partial charge in [-0.3, -0.25) is 0 Å². The summed E-state index contributed by atoms with van der Waals surface area (Å²) < 4.78 is 0. The highest BCUT2D eigenvalue weighted by molar-refractivity contribution is 5.48. The van der Waals surface area contributed by atoms with E-state index in [4.69, 9.17) is 0 Å². The van der Waals surface area contributed by atoms with Gasteiger partial charge >= 0.3 is 0 Å². The van der Waals surface area contributed by atoms with Crippen LogP contribution in [0.15, 0.2) is 42.5 Å². The number of aldehydes is 1. The van der Waals surface area contributed by atoms with E-state index in [-0.39, 0.29) is 0 Å². The third-order valence-electron chi connectivity index (χ3n) is 2.55. The molecule has 86 valence electrons. The Hall–Kier alpha value is -1.37. The Balaban J connectivity index is 2.02. The molecule has 16 heavy (non-hydrogen) atoms. The van der Waals surface area contributed by atoms with E-state index in [1.807, 2.05) is 6.07 Å². The van der Waals surface area contributed by atoms with Crippen molar-refractivity contribution in [1.82, 2.24) is 0 Å². The van der Waals surface area contributed by atoms with Crippen LogP contribution in [0.2, 0.25) is 0 Å². The maximum absolute atomic E-state index is 10.1. The largest absolute Gasteiger partial charge is 0.303 e. The van der Waals surface area contributed by atoms with E-state index < -0.39 is 0 Å². The van der Waals surface area contributed by atoms with Crippen molar-refractivity contribution in [1.29, 1.82) is 0 Å². The molecule has 0 fully saturated rings. The fourth-order valence-electron chi connectivity index (χ4n) is 1.62. The van der Waals surface area contributed by atoms with Gasteiger partial charge in [-0.15, -0.1) is 0 Å². The summed E-state index contributed by atoms with van der Waals surface area (Å²) in [4.78, 5) is 10.1. The Morgan fingerprint density at radius 1 is 0.875 bits per heavy atom. The summed E-state index contributed by atoms with van der Waals surface area (Å²) >= 11 is 0. The molecular weight excluding hydrogens is 196 g/mol. The van der Waals surface area contributed by atoms with Gasteiger partial charge in [0, 0.05) is 6.42 Å². The van der Waals surface area contributed by atoms with Gasteiger partial charge in [-0.2, -0.15) is 0 Å². The third-order valence-corrected chi connectivity index (χ3v) is 2.55. The first-order valence-corrected chi connectivity index (χ1v) is 6.06. The quantitative estimate of drug-likeness (QED) is 0.365. The highest BCUT2D eigenvalue weighted by Crippen LogP contribution is 2.04. The van der Waals surface area contributed by atoms with Crippen LogP contribution >= 0.6 is 0 Å². The van der Waals surface area contributed by atoms with Crippen LogP contribution in [-0.4, -0.2) is 6.29 Å². The zero-order chi connectivity index (χ0) is 11.5. The van der Waals surface area contributed by atoms with Crippen molar-refractivity contribution >= 4 is 6.29 Å². The molecule has 0 amide bonds. The number of carbonyl (C=O) groups is 1. The molecular formula is C15H20O. The molecule has 1 nitrogen and oxygen atoms in total. The summed E-state index contributed by atoms with van der Waals surface area (Å²) in [6, 6.07) is 10.5. The monoisotopic (exact) mass is 216 g/mol. The average Bonchev–Trinajstić information content (AvgIpc) is 2.34. The summed E-state index contributed by atoms with van der Waals surface area (Å²) in [5, 5.41) is 0. The minimum absolute atomic E-state index is 0.706. The molecule has 0 atom stereocenters. The van der Waals surface area contributed by atoms with Crippen LogP contribution < -0.4 is 0 Å². The van der Waals surface area contributed by atoms with Crippen molar-refractivity contribution in [3.8, 4) is 0 Å². The number of carbonyl (C=O) groups excluding carboxylic acids is 1. The molecule has 0 aliphatic carbocycles. The Morgan fingerprint density at radius 2 is 1.56 bits per heavy atom. The first-order valence-electron chi connectivity index (χ1n) is 6.06. The van der Waals surface area contributed by atoms with E-state index in [0.717, 1.165) is 38.4 Å². The Kier molecular flexibility index (Phi) is 7.06. The van der Waals surface area contributed by atoms with Gasteiger partial charge in [0.2, 0.25) is 0 Å². The van der Waals surface area contributed by atoms with Gasteiger partial charge in [-0.25, -0.2) is 0 Å². The summed E-state index contributed by atoms with van der Waals surface area (Å²) in [6.07, 6.45) is 11.7. The highest BCUT2D eigenvalue weighted by atomic mass is 16.1. The van der Waals surface area contributed by atoms with Crippen molar-refractivity contribution in [2.45, 2.75) is 38.5 Å². The van der Waals surface area contributed by atoms with E-state index in [1.54, 1.807) is 0 Å². The zero-order valence-corrected chi connectivity index (χ0v) is 9.77. The number of rotatable bonds is 8. The van der Waals surface area contributed by atoms with Crippen LogP contribution in [0.3, 0.4) is 0 Å². The summed E-state index contributed by atoms with van der Waals surface area (Å²) in [5.41, 5.74) is 1.40. The SMILES string of the molecule is O=CCCCCC=CCCc1ccccc1. The van der Waals surface area contributed by atoms with Crippen molar-refractivity contribution in [3.05, 3.63) is 48.0 Å². The van der Waals surface area contributed by atoms with Crippen LogP contribution in [0.25, 0.3) is 0 Å². The molecule has 1 aromatic rings. The average molecular weight is 216 g/mol. The molecule has 0 aromatic heterocycles. The number of unbranched alkanes of at least 4 members (excludes halogenated alkanes) is 3. The zero-order valence-electron chi connectivity index (χ0n) is 9.77. The molecule has 0 saturated heterocycles. The molecule has 0 bridgehead atoms. The van der Waals surface area contributed by atoms with E-state index in [9.17, 15) is 4.79 Å². The molecule has 1 rings (SSSR count). The fourth-order valence-corrected chi connectivity index (χ4v) is 1.62. The van der Waals surface area contributed by atoms with Gasteiger partial charge in [0.1, 0.15) is 6.29 Å². The lowest BCUT2D eigenvalue weighted by Gasteiger charge is -1.96. The maximum Gasteiger partial charge on any atom is 0.119 e. The molecule has 0 heterocycles. The molecule has 0 saturated carbocycles. The van der Waals surface area contributed by atoms with Crippen LogP contribution in [-0.2, 0) is 11.2 Å². The summed E-state index contributed by atoms with van der Waals surface area (Å²) in [5.74, 6) is 0. The molecule has 0 spiro atoms. The molecule has 0 N–H and O–H groups in total. The topological polar surface area (TPSA) is 17.1 Å². The van der Waals surface area contributed by atoms with Gasteiger partial charge in [0.25, 0.3) is 0 Å². The first-order chi connectivity index (χ1) is 7.93. The van der Waals surface area contributed by atoms with Crippen molar-refractivity contribution in [2.24, 2.45) is 0 Å². The molecule has 0 unspecified atom stereocenters. The molecule has 1 aromatic carbocycles. The van der Waals surface area contributed by atoms with E-state index in [1.165, 1.54) is 5.56 Å². The minimum atomic E-state index is 0.706. The lowest BCUT2D eigenvalue weighted by molar-refractivity contribution is -0.107. The van der Waals surface area contributed by atoms with E-state index >= 15 is 0 Å². The second-order valence-corrected chi connectivity index (χ2v) is 3.95. The standard InChI is InChI=1S/C15H20O/c16-14-10-5-3-1-2-4-7-11-15-12-8-6-9-13-15/h2,4,6,8-9,12-14H,1,3,5,7,10-11H2. The highest BCUT2D eigenvalue weighted by Gasteiger charge is 1.88. The van der Waals surface area contributed by atoms with E-state index in [0.29, 0.717) is 6.42 Å². The normalized spacial score (nSPS) is 10.8. The van der Waals surface area contributed by atoms with Crippen LogP contribution in [0.4, 0.5) is 0 Å². The van der Waals surface area contributed by atoms with Gasteiger partial charge in [0.15, 0.2) is 0 Å². The number of hydrogen-bond donors (Lipinski definition) is 0. The molecule has 0 aliphatic rings. The van der Waals surface area contributed by atoms with Gasteiger partial charge in [0.05, 0.1) is 0 Å². The molecule has 0 aliphatic heterocycles. The van der Waals surface area contributed by atoms with Crippen molar-refractivity contribution in [2.75, 3.05) is 0 Å². The molecule has 0 radical (unpaired) electrons. The lowest BCUT2D eigenvalue weighted by Crippen LogP contribution is -1.81. The fraction of sp³-hybridized carbons (Fsp3) is 0.400. The van der Waals surface area contributed by atoms with Crippen molar-refractivity contribution in [3.63, 3.8) is 0 Å². The van der Waals surface area contributed by atoms with Crippen LogP contribution in [0.5, 0.6) is 0 Å². The number of hydrogen-bond acceptors (Lipinski definition) is 1. The van der Waals surface area contributed by atoms with Crippen LogP contribution in [0.1, 0.15) is 37.7 Å². The summed E-state index contributed by atoms with van der Waals surface area (Å²) in [7, 11) is 0. The Morgan fingerprint density at radius 3 is 2.31 bits per heavy atom. The third kappa shape index (κ3) is 6.18. The minimum Gasteiger partial charge on any atom is -0.303 e. The molecule has 1 heteroatoms. The van der Waals surface area contributed by atoms with Gasteiger partial charge < -0.3 is 4.79 Å². The van der Waals surface area contributed by atoms with Gasteiger partial charge in [-0.05, 0) is 37.7 Å². The second-order valence-electron chi connectivity index (χ2n) is 3.95. The smallest absolute Gasteiger partial charge is 0.119 e. The predicted octanol–water partition coefficient (Wildman–Crippen LogP) is 3.93. The number of allylic oxidation sites excluding steroid dienone is 2. The van der Waals surface area contributed by atoms with Crippen LogP contribution in [0, 0.1) is 0 Å². The maximum atomic E-state index is 10.1. The first kappa shape index (κ1) is 12.7. The van der Waals surface area contributed by atoms with Gasteiger partial charge in [-0.1, -0.05) is 42.5 Å². The van der Waals surface area contributed by atoms with Crippen molar-refractivity contribution < 1.29 is 4.79 Å². The lowest BCUT2D eigenvalue weighted by atomic mass is 10.1. The Labute approximate surface area is 98.2 Å². The Bertz CT molecular complexity index is 300. The summed E-state index contributed by atoms with van der Waals surface area (Å²) in [6.45, 7) is 0. The second kappa shape index (κ2) is 8.90. The number of benzene rings is 1. The predicted molar refractivity (Wildman–Crippen MR) is 68.4 cm³/mol.